The number of allylic oxidation sites excluding steroid dienone is 1. The molecule has 1 saturated carbocycles. The van der Waals surface area contributed by atoms with Gasteiger partial charge in [-0.2, -0.15) is 0 Å². The standard InChI is InChI=1S/C19H23ClN4O2S/c1-3-10-24-18(13-6-4-5-7-13)22-23-19(24)27-12-17(25)21-15-11-14(20)8-9-16(15)26-2/h3,8-9,11,13H,1,4-7,10,12H2,2H3,(H,21,25). The summed E-state index contributed by atoms with van der Waals surface area (Å²) in [5, 5.41) is 12.8. The highest BCUT2D eigenvalue weighted by atomic mass is 35.5. The Balaban J connectivity index is 1.66. The predicted molar refractivity (Wildman–Crippen MR) is 109 cm³/mol. The van der Waals surface area contributed by atoms with Gasteiger partial charge in [0.1, 0.15) is 11.6 Å². The number of hydrogen-bond acceptors (Lipinski definition) is 5. The number of nitrogens with zero attached hydrogens (tertiary/aromatic N) is 3. The molecule has 0 saturated heterocycles. The molecule has 0 spiro atoms. The molecule has 0 atom stereocenters. The summed E-state index contributed by atoms with van der Waals surface area (Å²) >= 11 is 7.37. The molecule has 1 aliphatic carbocycles. The van der Waals surface area contributed by atoms with Crippen molar-refractivity contribution in [1.82, 2.24) is 14.8 Å². The Labute approximate surface area is 168 Å². The first-order valence-electron chi connectivity index (χ1n) is 8.92. The Morgan fingerprint density at radius 1 is 1.44 bits per heavy atom. The molecule has 1 aliphatic rings. The molecule has 0 radical (unpaired) electrons. The number of carbonyl (C=O) groups is 1. The van der Waals surface area contributed by atoms with Crippen LogP contribution in [0.15, 0.2) is 36.0 Å². The van der Waals surface area contributed by atoms with E-state index in [1.165, 1.54) is 24.6 Å². The number of nitrogens with one attached hydrogen (secondary N) is 1. The SMILES string of the molecule is C=CCn1c(SCC(=O)Nc2cc(Cl)ccc2OC)nnc1C1CCCC1. The molecule has 1 aromatic carbocycles. The van der Waals surface area contributed by atoms with Crippen molar-refractivity contribution in [3.05, 3.63) is 41.7 Å². The van der Waals surface area contributed by atoms with E-state index < -0.39 is 0 Å². The van der Waals surface area contributed by atoms with Crippen molar-refractivity contribution >= 4 is 35.0 Å². The lowest BCUT2D eigenvalue weighted by molar-refractivity contribution is -0.113. The zero-order chi connectivity index (χ0) is 19.2. The molecule has 2 aromatic rings. The summed E-state index contributed by atoms with van der Waals surface area (Å²) in [5.74, 6) is 2.09. The van der Waals surface area contributed by atoms with Crippen molar-refractivity contribution in [3.63, 3.8) is 0 Å². The molecule has 1 amide bonds. The molecule has 1 fully saturated rings. The Hall–Kier alpha value is -1.99. The number of aromatic nitrogens is 3. The molecule has 8 heteroatoms. The normalized spacial score (nSPS) is 14.3. The Morgan fingerprint density at radius 3 is 2.93 bits per heavy atom. The van der Waals surface area contributed by atoms with E-state index in [1.807, 2.05) is 6.08 Å². The molecule has 144 valence electrons. The van der Waals surface area contributed by atoms with E-state index >= 15 is 0 Å². The van der Waals surface area contributed by atoms with Crippen molar-refractivity contribution in [2.24, 2.45) is 0 Å². The lowest BCUT2D eigenvalue weighted by Gasteiger charge is -2.12. The summed E-state index contributed by atoms with van der Waals surface area (Å²) in [6.07, 6.45) is 6.60. The van der Waals surface area contributed by atoms with E-state index in [9.17, 15) is 4.79 Å². The zero-order valence-corrected chi connectivity index (χ0v) is 16.9. The van der Waals surface area contributed by atoms with Gasteiger partial charge in [0.25, 0.3) is 0 Å². The Kier molecular flexibility index (Phi) is 6.79. The van der Waals surface area contributed by atoms with Gasteiger partial charge < -0.3 is 14.6 Å². The fraction of sp³-hybridized carbons (Fsp3) is 0.421. The third-order valence-electron chi connectivity index (χ3n) is 4.55. The van der Waals surface area contributed by atoms with Crippen LogP contribution >= 0.6 is 23.4 Å². The average Bonchev–Trinajstić information content (AvgIpc) is 3.30. The Morgan fingerprint density at radius 2 is 2.22 bits per heavy atom. The van der Waals surface area contributed by atoms with Crippen molar-refractivity contribution in [3.8, 4) is 5.75 Å². The number of halogens is 1. The van der Waals surface area contributed by atoms with Gasteiger partial charge in [-0.25, -0.2) is 0 Å². The van der Waals surface area contributed by atoms with Gasteiger partial charge in [-0.15, -0.1) is 16.8 Å². The highest BCUT2D eigenvalue weighted by Gasteiger charge is 2.24. The summed E-state index contributed by atoms with van der Waals surface area (Å²) < 4.78 is 7.33. The van der Waals surface area contributed by atoms with Crippen LogP contribution in [-0.4, -0.2) is 33.5 Å². The molecule has 3 rings (SSSR count). The van der Waals surface area contributed by atoms with Gasteiger partial charge in [0.2, 0.25) is 5.91 Å². The predicted octanol–water partition coefficient (Wildman–Crippen LogP) is 4.51. The lowest BCUT2D eigenvalue weighted by Crippen LogP contribution is -2.15. The third-order valence-corrected chi connectivity index (χ3v) is 5.75. The van der Waals surface area contributed by atoms with Crippen molar-refractivity contribution < 1.29 is 9.53 Å². The molecular formula is C19H23ClN4O2S. The number of thioether (sulfide) groups is 1. The summed E-state index contributed by atoms with van der Waals surface area (Å²) in [7, 11) is 1.55. The first kappa shape index (κ1) is 19.8. The van der Waals surface area contributed by atoms with Gasteiger partial charge in [0.15, 0.2) is 5.16 Å². The van der Waals surface area contributed by atoms with Crippen LogP contribution in [0.3, 0.4) is 0 Å². The van der Waals surface area contributed by atoms with Gasteiger partial charge >= 0.3 is 0 Å². The number of carbonyl (C=O) groups excluding carboxylic acids is 1. The van der Waals surface area contributed by atoms with Crippen LogP contribution in [0.25, 0.3) is 0 Å². The van der Waals surface area contributed by atoms with E-state index in [0.29, 0.717) is 28.9 Å². The van der Waals surface area contributed by atoms with Crippen LogP contribution in [-0.2, 0) is 11.3 Å². The van der Waals surface area contributed by atoms with Gasteiger partial charge in [0, 0.05) is 17.5 Å². The lowest BCUT2D eigenvalue weighted by atomic mass is 10.1. The van der Waals surface area contributed by atoms with E-state index in [-0.39, 0.29) is 11.7 Å². The maximum atomic E-state index is 12.4. The van der Waals surface area contributed by atoms with Crippen molar-refractivity contribution in [2.75, 3.05) is 18.2 Å². The maximum Gasteiger partial charge on any atom is 0.234 e. The third kappa shape index (κ3) is 4.84. The number of benzene rings is 1. The van der Waals surface area contributed by atoms with Gasteiger partial charge in [-0.3, -0.25) is 4.79 Å². The molecule has 1 aromatic heterocycles. The van der Waals surface area contributed by atoms with Gasteiger partial charge in [-0.05, 0) is 31.0 Å². The van der Waals surface area contributed by atoms with Crippen molar-refractivity contribution in [2.45, 2.75) is 43.3 Å². The molecule has 1 N–H and O–H groups in total. The fourth-order valence-electron chi connectivity index (χ4n) is 3.29. The second-order valence-electron chi connectivity index (χ2n) is 6.40. The molecule has 6 nitrogen and oxygen atoms in total. The average molecular weight is 407 g/mol. The van der Waals surface area contributed by atoms with E-state index in [0.717, 1.165) is 23.8 Å². The molecular weight excluding hydrogens is 384 g/mol. The van der Waals surface area contributed by atoms with Crippen LogP contribution in [0.2, 0.25) is 5.02 Å². The van der Waals surface area contributed by atoms with E-state index in [1.54, 1.807) is 25.3 Å². The monoisotopic (exact) mass is 406 g/mol. The number of amides is 1. The second-order valence-corrected chi connectivity index (χ2v) is 7.78. The number of methoxy groups -OCH3 is 1. The Bertz CT molecular complexity index is 818. The highest BCUT2D eigenvalue weighted by molar-refractivity contribution is 7.99. The van der Waals surface area contributed by atoms with Crippen LogP contribution in [0, 0.1) is 0 Å². The van der Waals surface area contributed by atoms with Crippen LogP contribution in [0.1, 0.15) is 37.4 Å². The fourth-order valence-corrected chi connectivity index (χ4v) is 4.21. The summed E-state index contributed by atoms with van der Waals surface area (Å²) in [6, 6.07) is 5.11. The first-order chi connectivity index (χ1) is 13.1. The number of ether oxygens (including phenoxy) is 1. The van der Waals surface area contributed by atoms with Crippen molar-refractivity contribution in [1.29, 1.82) is 0 Å². The topological polar surface area (TPSA) is 69.0 Å². The number of hydrogen-bond donors (Lipinski definition) is 1. The summed E-state index contributed by atoms with van der Waals surface area (Å²) in [6.45, 7) is 4.48. The summed E-state index contributed by atoms with van der Waals surface area (Å²) in [4.78, 5) is 12.4. The first-order valence-corrected chi connectivity index (χ1v) is 10.3. The van der Waals surface area contributed by atoms with Gasteiger partial charge in [-0.1, -0.05) is 42.3 Å². The van der Waals surface area contributed by atoms with Crippen LogP contribution in [0.4, 0.5) is 5.69 Å². The largest absolute Gasteiger partial charge is 0.495 e. The molecule has 0 bridgehead atoms. The molecule has 0 aliphatic heterocycles. The summed E-state index contributed by atoms with van der Waals surface area (Å²) in [5.41, 5.74) is 0.551. The van der Waals surface area contributed by atoms with E-state index in [4.69, 9.17) is 16.3 Å². The smallest absolute Gasteiger partial charge is 0.234 e. The molecule has 1 heterocycles. The highest BCUT2D eigenvalue weighted by Crippen LogP contribution is 2.34. The number of anilines is 1. The second kappa shape index (κ2) is 9.28. The van der Waals surface area contributed by atoms with Crippen LogP contribution in [0.5, 0.6) is 5.75 Å². The van der Waals surface area contributed by atoms with E-state index in [2.05, 4.69) is 26.7 Å². The van der Waals surface area contributed by atoms with Gasteiger partial charge in [0.05, 0.1) is 18.6 Å². The minimum atomic E-state index is -0.156. The minimum absolute atomic E-state index is 0.156. The maximum absolute atomic E-state index is 12.4. The molecule has 27 heavy (non-hydrogen) atoms. The number of rotatable bonds is 8. The quantitative estimate of drug-likeness (QED) is 0.515. The van der Waals surface area contributed by atoms with Crippen LogP contribution < -0.4 is 10.1 Å². The molecule has 0 unspecified atom stereocenters. The zero-order valence-electron chi connectivity index (χ0n) is 15.3. The minimum Gasteiger partial charge on any atom is -0.495 e.